The van der Waals surface area contributed by atoms with Crippen molar-refractivity contribution < 1.29 is 46.0 Å². The molecule has 0 saturated carbocycles. The molecule has 2 aliphatic heterocycles. The van der Waals surface area contributed by atoms with Crippen LogP contribution in [0.5, 0.6) is 0 Å². The van der Waals surface area contributed by atoms with Crippen molar-refractivity contribution in [2.24, 2.45) is 0 Å². The first-order chi connectivity index (χ1) is 24.0. The SMILES string of the molecule is CCC.COCC1(OP(=O)(OCc2ccccc2)OCc2ccccc2)CCN(c2c(F)cc(N3C[C@H](CNC(C)=O)OC3=O)cc2F)CC1. The van der Waals surface area contributed by atoms with Gasteiger partial charge in [-0.1, -0.05) is 80.9 Å². The molecule has 5 rings (SSSR count). The molecule has 0 unspecified atom stereocenters. The zero-order valence-corrected chi connectivity index (χ0v) is 29.8. The Hall–Kier alpha value is -3.87. The van der Waals surface area contributed by atoms with Gasteiger partial charge in [0.05, 0.1) is 38.6 Å². The number of anilines is 2. The molecule has 2 amide bonds. The lowest BCUT2D eigenvalue weighted by molar-refractivity contribution is -0.119. The molecule has 0 aromatic heterocycles. The van der Waals surface area contributed by atoms with Gasteiger partial charge in [-0.05, 0) is 24.0 Å². The minimum atomic E-state index is -4.18. The summed E-state index contributed by atoms with van der Waals surface area (Å²) < 4.78 is 73.7. The van der Waals surface area contributed by atoms with Crippen molar-refractivity contribution in [3.63, 3.8) is 0 Å². The fourth-order valence-corrected chi connectivity index (χ4v) is 7.06. The first-order valence-electron chi connectivity index (χ1n) is 16.6. The molecule has 3 aromatic rings. The number of phosphoric acid groups is 1. The van der Waals surface area contributed by atoms with E-state index in [0.29, 0.717) is 0 Å². The molecular weight excluding hydrogens is 671 g/mol. The van der Waals surface area contributed by atoms with Gasteiger partial charge in [0, 0.05) is 39.3 Å². The van der Waals surface area contributed by atoms with E-state index in [1.807, 2.05) is 60.7 Å². The van der Waals surface area contributed by atoms with Gasteiger partial charge in [0.15, 0.2) is 11.6 Å². The normalized spacial score (nSPS) is 17.2. The first kappa shape index (κ1) is 38.9. The summed E-state index contributed by atoms with van der Waals surface area (Å²) in [7, 11) is -2.70. The van der Waals surface area contributed by atoms with Gasteiger partial charge < -0.3 is 19.7 Å². The van der Waals surface area contributed by atoms with Crippen molar-refractivity contribution in [1.82, 2.24) is 5.32 Å². The average Bonchev–Trinajstić information content (AvgIpc) is 3.48. The van der Waals surface area contributed by atoms with Gasteiger partial charge >= 0.3 is 13.9 Å². The van der Waals surface area contributed by atoms with Gasteiger partial charge in [-0.25, -0.2) is 18.1 Å². The van der Waals surface area contributed by atoms with Crippen LogP contribution < -0.4 is 15.1 Å². The Morgan fingerprint density at radius 1 is 0.960 bits per heavy atom. The third-order valence-corrected chi connectivity index (χ3v) is 9.44. The molecule has 2 heterocycles. The van der Waals surface area contributed by atoms with Crippen molar-refractivity contribution >= 4 is 31.2 Å². The maximum absolute atomic E-state index is 15.5. The van der Waals surface area contributed by atoms with Gasteiger partial charge in [-0.15, -0.1) is 0 Å². The summed E-state index contributed by atoms with van der Waals surface area (Å²) in [4.78, 5) is 26.3. The summed E-state index contributed by atoms with van der Waals surface area (Å²) in [6.07, 6.45) is 0.216. The van der Waals surface area contributed by atoms with E-state index >= 15 is 8.78 Å². The van der Waals surface area contributed by atoms with E-state index in [-0.39, 0.29) is 76.1 Å². The highest BCUT2D eigenvalue weighted by Gasteiger charge is 2.45. The number of phosphoric ester groups is 1. The van der Waals surface area contributed by atoms with Gasteiger partial charge in [-0.3, -0.25) is 23.3 Å². The van der Waals surface area contributed by atoms with Crippen LogP contribution in [0.4, 0.5) is 25.0 Å². The second-order valence-electron chi connectivity index (χ2n) is 12.2. The monoisotopic (exact) mass is 717 g/mol. The Balaban J connectivity index is 0.00000181. The van der Waals surface area contributed by atoms with E-state index in [9.17, 15) is 14.2 Å². The van der Waals surface area contributed by atoms with Crippen LogP contribution in [-0.2, 0) is 45.6 Å². The third kappa shape index (κ3) is 10.8. The highest BCUT2D eigenvalue weighted by molar-refractivity contribution is 7.48. The molecule has 2 fully saturated rings. The molecule has 1 N–H and O–H groups in total. The van der Waals surface area contributed by atoms with Crippen LogP contribution in [0.25, 0.3) is 0 Å². The van der Waals surface area contributed by atoms with E-state index in [2.05, 4.69) is 19.2 Å². The smallest absolute Gasteiger partial charge is 0.442 e. The summed E-state index contributed by atoms with van der Waals surface area (Å²) in [6, 6.07) is 20.5. The summed E-state index contributed by atoms with van der Waals surface area (Å²) in [6.45, 7) is 5.96. The number of carbonyl (C=O) groups is 2. The standard InChI is InChI=1S/C33H38F2N3O8P.C3H8/c1-24(39)36-19-28-20-38(32(40)45-28)27-17-29(34)31(30(35)18-27)37-15-13-33(14-16-37,23-42-2)46-47(41,43-21-25-9-5-3-6-10-25)44-22-26-11-7-4-8-12-26;1-3-2/h3-12,17-18,28H,13-16,19-23H2,1-2H3,(H,36,39);3H2,1-2H3/t28-;/m0./s1. The molecule has 0 bridgehead atoms. The molecule has 50 heavy (non-hydrogen) atoms. The number of nitrogens with zero attached hydrogens (tertiary/aromatic N) is 2. The molecule has 2 aliphatic rings. The number of benzene rings is 3. The van der Waals surface area contributed by atoms with E-state index < -0.39 is 37.3 Å². The molecule has 2 saturated heterocycles. The number of hydrogen-bond acceptors (Lipinski definition) is 9. The number of nitrogens with one attached hydrogen (secondary N) is 1. The van der Waals surface area contributed by atoms with Crippen molar-refractivity contribution in [1.29, 1.82) is 0 Å². The summed E-state index contributed by atoms with van der Waals surface area (Å²) >= 11 is 0. The largest absolute Gasteiger partial charge is 0.476 e. The molecular formula is C36H46F2N3O8P. The van der Waals surface area contributed by atoms with Crippen molar-refractivity contribution in [3.05, 3.63) is 95.6 Å². The minimum Gasteiger partial charge on any atom is -0.442 e. The molecule has 1 atom stereocenters. The van der Waals surface area contributed by atoms with E-state index in [1.165, 1.54) is 25.4 Å². The van der Waals surface area contributed by atoms with Crippen LogP contribution in [0.15, 0.2) is 72.8 Å². The minimum absolute atomic E-state index is 0.000200. The second-order valence-corrected chi connectivity index (χ2v) is 13.8. The Morgan fingerprint density at radius 2 is 1.48 bits per heavy atom. The highest BCUT2D eigenvalue weighted by Crippen LogP contribution is 2.56. The number of ether oxygens (including phenoxy) is 2. The molecule has 11 nitrogen and oxygen atoms in total. The fourth-order valence-electron chi connectivity index (χ4n) is 5.55. The van der Waals surface area contributed by atoms with Crippen molar-refractivity contribution in [2.75, 3.05) is 49.7 Å². The van der Waals surface area contributed by atoms with Gasteiger partial charge in [-0.2, -0.15) is 0 Å². The van der Waals surface area contributed by atoms with Crippen LogP contribution >= 0.6 is 7.82 Å². The number of carbonyl (C=O) groups excluding carboxylic acids is 2. The number of methoxy groups -OCH3 is 1. The molecule has 0 aliphatic carbocycles. The second kappa shape index (κ2) is 18.4. The van der Waals surface area contributed by atoms with Gasteiger partial charge in [0.1, 0.15) is 17.4 Å². The van der Waals surface area contributed by atoms with Crippen LogP contribution in [0, 0.1) is 11.6 Å². The van der Waals surface area contributed by atoms with E-state index in [0.717, 1.165) is 28.2 Å². The third-order valence-electron chi connectivity index (χ3n) is 7.93. The van der Waals surface area contributed by atoms with Crippen molar-refractivity contribution in [3.8, 4) is 0 Å². The average molecular weight is 718 g/mol. The molecule has 0 radical (unpaired) electrons. The zero-order chi connectivity index (χ0) is 36.1. The lowest BCUT2D eigenvalue weighted by Gasteiger charge is -2.42. The van der Waals surface area contributed by atoms with Crippen LogP contribution in [0.3, 0.4) is 0 Å². The Morgan fingerprint density at radius 3 is 1.96 bits per heavy atom. The number of piperidine rings is 1. The van der Waals surface area contributed by atoms with Crippen LogP contribution in [0.2, 0.25) is 0 Å². The fraction of sp³-hybridized carbons (Fsp3) is 0.444. The number of hydrogen-bond donors (Lipinski definition) is 1. The maximum atomic E-state index is 15.5. The van der Waals surface area contributed by atoms with Gasteiger partial charge in [0.2, 0.25) is 5.91 Å². The van der Waals surface area contributed by atoms with Crippen molar-refractivity contribution in [2.45, 2.75) is 65.0 Å². The molecule has 3 aromatic carbocycles. The Kier molecular flexibility index (Phi) is 14.3. The predicted molar refractivity (Wildman–Crippen MR) is 186 cm³/mol. The Labute approximate surface area is 292 Å². The van der Waals surface area contributed by atoms with E-state index in [1.54, 1.807) is 0 Å². The molecule has 0 spiro atoms. The Bertz CT molecular complexity index is 1520. The first-order valence-corrected chi connectivity index (χ1v) is 18.1. The maximum Gasteiger partial charge on any atom is 0.476 e. The predicted octanol–water partition coefficient (Wildman–Crippen LogP) is 7.39. The lowest BCUT2D eigenvalue weighted by atomic mass is 9.92. The number of rotatable bonds is 14. The summed E-state index contributed by atoms with van der Waals surface area (Å²) in [5, 5.41) is 2.56. The van der Waals surface area contributed by atoms with Crippen LogP contribution in [0.1, 0.15) is 51.2 Å². The molecule has 14 heteroatoms. The highest BCUT2D eigenvalue weighted by atomic mass is 31.2. The summed E-state index contributed by atoms with van der Waals surface area (Å²) in [5.74, 6) is -2.01. The number of cyclic esters (lactones) is 1. The number of halogens is 2. The zero-order valence-electron chi connectivity index (χ0n) is 28.9. The topological polar surface area (TPSA) is 116 Å². The summed E-state index contributed by atoms with van der Waals surface area (Å²) in [5.41, 5.74) is 0.153. The number of amides is 2. The van der Waals surface area contributed by atoms with Crippen LogP contribution in [-0.4, -0.2) is 63.6 Å². The molecule has 272 valence electrons. The van der Waals surface area contributed by atoms with Gasteiger partial charge in [0.25, 0.3) is 0 Å². The quantitative estimate of drug-likeness (QED) is 0.171. The van der Waals surface area contributed by atoms with E-state index in [4.69, 9.17) is 23.0 Å². The lowest BCUT2D eigenvalue weighted by Crippen LogP contribution is -2.49.